The number of hydrogen-bond acceptors (Lipinski definition) is 4. The van der Waals surface area contributed by atoms with Gasteiger partial charge in [-0.25, -0.2) is 0 Å². The molecular formula is C11H8BrClN4S. The van der Waals surface area contributed by atoms with Crippen molar-refractivity contribution in [1.82, 2.24) is 10.2 Å². The highest BCUT2D eigenvalue weighted by atomic mass is 79.9. The molecule has 0 atom stereocenters. The van der Waals surface area contributed by atoms with Gasteiger partial charge in [0.1, 0.15) is 4.99 Å². The molecule has 2 aromatic rings. The highest BCUT2D eigenvalue weighted by Gasteiger charge is 2.07. The number of aromatic nitrogens is 2. The van der Waals surface area contributed by atoms with Crippen molar-refractivity contribution in [1.29, 1.82) is 0 Å². The SMILES string of the molecule is NC(=S)c1ccnnc1Nc1ccc(Cl)c(Br)c1. The molecule has 1 aromatic carbocycles. The van der Waals surface area contributed by atoms with Gasteiger partial charge in [-0.05, 0) is 40.2 Å². The van der Waals surface area contributed by atoms with Crippen molar-refractivity contribution in [2.75, 3.05) is 5.32 Å². The van der Waals surface area contributed by atoms with Crippen LogP contribution in [-0.2, 0) is 0 Å². The summed E-state index contributed by atoms with van der Waals surface area (Å²) in [6.45, 7) is 0. The third-order valence-electron chi connectivity index (χ3n) is 2.17. The van der Waals surface area contributed by atoms with Gasteiger partial charge in [-0.15, -0.1) is 5.10 Å². The van der Waals surface area contributed by atoms with Crippen LogP contribution >= 0.6 is 39.7 Å². The molecule has 0 radical (unpaired) electrons. The summed E-state index contributed by atoms with van der Waals surface area (Å²) in [4.78, 5) is 0.264. The molecule has 0 saturated heterocycles. The molecule has 2 rings (SSSR count). The zero-order chi connectivity index (χ0) is 13.1. The highest BCUT2D eigenvalue weighted by Crippen LogP contribution is 2.27. The molecule has 1 aromatic heterocycles. The van der Waals surface area contributed by atoms with Crippen molar-refractivity contribution in [3.05, 3.63) is 45.5 Å². The van der Waals surface area contributed by atoms with E-state index >= 15 is 0 Å². The Bertz CT molecular complexity index is 605. The second-order valence-electron chi connectivity index (χ2n) is 3.41. The van der Waals surface area contributed by atoms with Crippen LogP contribution in [0.2, 0.25) is 5.02 Å². The lowest BCUT2D eigenvalue weighted by atomic mass is 10.2. The summed E-state index contributed by atoms with van der Waals surface area (Å²) in [5.74, 6) is 0.513. The topological polar surface area (TPSA) is 63.8 Å². The Morgan fingerprint density at radius 3 is 2.83 bits per heavy atom. The number of hydrogen-bond donors (Lipinski definition) is 2. The standard InChI is InChI=1S/C11H8BrClN4S/c12-8-5-6(1-2-9(8)13)16-11-7(10(14)18)3-4-15-17-11/h1-5H,(H2,14,18)(H,16,17). The van der Waals surface area contributed by atoms with Gasteiger partial charge in [0.15, 0.2) is 5.82 Å². The smallest absolute Gasteiger partial charge is 0.163 e. The number of thiocarbonyl (C=S) groups is 1. The van der Waals surface area contributed by atoms with E-state index in [1.54, 1.807) is 12.1 Å². The van der Waals surface area contributed by atoms with Crippen molar-refractivity contribution in [2.45, 2.75) is 0 Å². The summed E-state index contributed by atoms with van der Waals surface area (Å²) >= 11 is 14.2. The molecule has 4 nitrogen and oxygen atoms in total. The van der Waals surface area contributed by atoms with Crippen LogP contribution in [0.5, 0.6) is 0 Å². The Morgan fingerprint density at radius 2 is 2.17 bits per heavy atom. The van der Waals surface area contributed by atoms with Gasteiger partial charge in [0.05, 0.1) is 16.8 Å². The Morgan fingerprint density at radius 1 is 1.39 bits per heavy atom. The molecule has 0 saturated carbocycles. The van der Waals surface area contributed by atoms with E-state index in [4.69, 9.17) is 29.6 Å². The first-order valence-electron chi connectivity index (χ1n) is 4.91. The van der Waals surface area contributed by atoms with Crippen molar-refractivity contribution in [3.63, 3.8) is 0 Å². The van der Waals surface area contributed by atoms with E-state index in [-0.39, 0.29) is 4.99 Å². The van der Waals surface area contributed by atoms with Crippen LogP contribution in [0, 0.1) is 0 Å². The van der Waals surface area contributed by atoms with E-state index in [0.29, 0.717) is 16.4 Å². The molecule has 0 aliphatic heterocycles. The van der Waals surface area contributed by atoms with E-state index in [0.717, 1.165) is 10.2 Å². The van der Waals surface area contributed by atoms with Crippen molar-refractivity contribution in [2.24, 2.45) is 5.73 Å². The van der Waals surface area contributed by atoms with Crippen LogP contribution in [0.15, 0.2) is 34.9 Å². The zero-order valence-electron chi connectivity index (χ0n) is 9.02. The molecule has 0 fully saturated rings. The molecule has 0 aliphatic rings. The molecule has 1 heterocycles. The molecule has 0 spiro atoms. The largest absolute Gasteiger partial charge is 0.389 e. The van der Waals surface area contributed by atoms with Crippen LogP contribution in [0.4, 0.5) is 11.5 Å². The van der Waals surface area contributed by atoms with E-state index in [1.165, 1.54) is 6.20 Å². The van der Waals surface area contributed by atoms with Gasteiger partial charge in [0.25, 0.3) is 0 Å². The molecule has 92 valence electrons. The minimum Gasteiger partial charge on any atom is -0.389 e. The van der Waals surface area contributed by atoms with E-state index in [9.17, 15) is 0 Å². The summed E-state index contributed by atoms with van der Waals surface area (Å²) in [7, 11) is 0. The van der Waals surface area contributed by atoms with Crippen molar-refractivity contribution < 1.29 is 0 Å². The van der Waals surface area contributed by atoms with Crippen LogP contribution < -0.4 is 11.1 Å². The first-order valence-corrected chi connectivity index (χ1v) is 6.49. The average Bonchev–Trinajstić information content (AvgIpc) is 2.34. The maximum Gasteiger partial charge on any atom is 0.163 e. The van der Waals surface area contributed by atoms with Gasteiger partial charge in [-0.3, -0.25) is 0 Å². The monoisotopic (exact) mass is 342 g/mol. The molecule has 0 amide bonds. The predicted octanol–water partition coefficient (Wildman–Crippen LogP) is 3.27. The Balaban J connectivity index is 2.34. The van der Waals surface area contributed by atoms with Crippen LogP contribution in [0.1, 0.15) is 5.56 Å². The second-order valence-corrected chi connectivity index (χ2v) is 5.11. The van der Waals surface area contributed by atoms with Gasteiger partial charge in [0.2, 0.25) is 0 Å². The third-order valence-corrected chi connectivity index (χ3v) is 3.60. The Hall–Kier alpha value is -1.24. The lowest BCUT2D eigenvalue weighted by Gasteiger charge is -2.09. The van der Waals surface area contributed by atoms with Crippen LogP contribution in [-0.4, -0.2) is 15.2 Å². The lowest BCUT2D eigenvalue weighted by Crippen LogP contribution is -2.13. The first-order chi connectivity index (χ1) is 8.58. The molecule has 0 unspecified atom stereocenters. The van der Waals surface area contributed by atoms with E-state index < -0.39 is 0 Å². The van der Waals surface area contributed by atoms with Gasteiger partial charge >= 0.3 is 0 Å². The van der Waals surface area contributed by atoms with Gasteiger partial charge in [-0.2, -0.15) is 5.10 Å². The molecule has 7 heteroatoms. The predicted molar refractivity (Wildman–Crippen MR) is 80.4 cm³/mol. The fourth-order valence-corrected chi connectivity index (χ4v) is 1.99. The van der Waals surface area contributed by atoms with Gasteiger partial charge < -0.3 is 11.1 Å². The van der Waals surface area contributed by atoms with E-state index in [1.807, 2.05) is 12.1 Å². The number of rotatable bonds is 3. The normalized spacial score (nSPS) is 10.1. The first kappa shape index (κ1) is 13.2. The number of nitrogens with zero attached hydrogens (tertiary/aromatic N) is 2. The van der Waals surface area contributed by atoms with Crippen molar-refractivity contribution >= 4 is 56.2 Å². The Kier molecular flexibility index (Phi) is 4.11. The summed E-state index contributed by atoms with van der Waals surface area (Å²) in [5, 5.41) is 11.5. The van der Waals surface area contributed by atoms with Crippen LogP contribution in [0.25, 0.3) is 0 Å². The molecule has 0 aliphatic carbocycles. The summed E-state index contributed by atoms with van der Waals surface area (Å²) in [6, 6.07) is 7.14. The molecule has 18 heavy (non-hydrogen) atoms. The van der Waals surface area contributed by atoms with E-state index in [2.05, 4.69) is 31.4 Å². The van der Waals surface area contributed by atoms with Gasteiger partial charge in [0, 0.05) is 10.2 Å². The summed E-state index contributed by atoms with van der Waals surface area (Å²) < 4.78 is 0.787. The third kappa shape index (κ3) is 2.95. The fraction of sp³-hybridized carbons (Fsp3) is 0. The minimum atomic E-state index is 0.264. The van der Waals surface area contributed by atoms with Gasteiger partial charge in [-0.1, -0.05) is 23.8 Å². The number of anilines is 2. The average molecular weight is 344 g/mol. The minimum absolute atomic E-state index is 0.264. The fourth-order valence-electron chi connectivity index (χ4n) is 1.33. The molecular weight excluding hydrogens is 336 g/mol. The molecule has 3 N–H and O–H groups in total. The number of halogens is 2. The second kappa shape index (κ2) is 5.60. The van der Waals surface area contributed by atoms with Crippen molar-refractivity contribution in [3.8, 4) is 0 Å². The highest BCUT2D eigenvalue weighted by molar-refractivity contribution is 9.10. The summed E-state index contributed by atoms with van der Waals surface area (Å²) in [6.07, 6.45) is 1.54. The number of benzene rings is 1. The van der Waals surface area contributed by atoms with Crippen LogP contribution in [0.3, 0.4) is 0 Å². The quantitative estimate of drug-likeness (QED) is 0.837. The maximum absolute atomic E-state index is 5.92. The summed E-state index contributed by atoms with van der Waals surface area (Å²) in [5.41, 5.74) is 7.07. The number of nitrogens with two attached hydrogens (primary N) is 1. The number of nitrogens with one attached hydrogen (secondary N) is 1. The zero-order valence-corrected chi connectivity index (χ0v) is 12.2. The lowest BCUT2D eigenvalue weighted by molar-refractivity contribution is 1.03. The molecule has 0 bridgehead atoms. The Labute approximate surface area is 123 Å². The maximum atomic E-state index is 5.92.